The van der Waals surface area contributed by atoms with Crippen LogP contribution in [0.3, 0.4) is 0 Å². The van der Waals surface area contributed by atoms with E-state index >= 15 is 0 Å². The van der Waals surface area contributed by atoms with Crippen LogP contribution in [0.5, 0.6) is 0 Å². The Balaban J connectivity index is 1.78. The monoisotopic (exact) mass is 383 g/mol. The maximum absolute atomic E-state index is 12.7. The molecule has 1 aromatic carbocycles. The minimum Gasteiger partial charge on any atom is -0.378 e. The molecule has 1 fully saturated rings. The topological polar surface area (TPSA) is 63.7 Å². The van der Waals surface area contributed by atoms with Gasteiger partial charge in [-0.15, -0.1) is 11.3 Å². The highest BCUT2D eigenvalue weighted by Crippen LogP contribution is 2.43. The van der Waals surface area contributed by atoms with Crippen LogP contribution in [0, 0.1) is 0 Å². The van der Waals surface area contributed by atoms with E-state index in [0.717, 1.165) is 4.88 Å². The molecule has 126 valence electrons. The molecule has 4 rings (SSSR count). The van der Waals surface area contributed by atoms with Gasteiger partial charge in [0.1, 0.15) is 0 Å². The van der Waals surface area contributed by atoms with Gasteiger partial charge in [-0.1, -0.05) is 17.7 Å². The van der Waals surface area contributed by atoms with Crippen LogP contribution in [0.2, 0.25) is 5.02 Å². The number of thiophene rings is 1. The summed E-state index contributed by atoms with van der Waals surface area (Å²) in [6.45, 7) is 2.19. The van der Waals surface area contributed by atoms with Crippen molar-refractivity contribution in [2.75, 3.05) is 26.3 Å². The van der Waals surface area contributed by atoms with Crippen molar-refractivity contribution in [1.82, 2.24) is 4.90 Å². The van der Waals surface area contributed by atoms with Crippen LogP contribution in [0.15, 0.2) is 29.2 Å². The fraction of sp³-hybridized carbons (Fsp3) is 0.312. The number of carbonyl (C=O) groups is 1. The maximum Gasteiger partial charge on any atom is 0.264 e. The van der Waals surface area contributed by atoms with Gasteiger partial charge in [0.15, 0.2) is 9.84 Å². The molecule has 0 saturated carbocycles. The van der Waals surface area contributed by atoms with Gasteiger partial charge >= 0.3 is 0 Å². The van der Waals surface area contributed by atoms with Crippen LogP contribution in [0.4, 0.5) is 0 Å². The molecule has 2 aromatic rings. The summed E-state index contributed by atoms with van der Waals surface area (Å²) >= 11 is 7.30. The normalized spacial score (nSPS) is 18.8. The molecule has 0 unspecified atom stereocenters. The number of ether oxygens (including phenoxy) is 1. The van der Waals surface area contributed by atoms with E-state index in [9.17, 15) is 13.2 Å². The summed E-state index contributed by atoms with van der Waals surface area (Å²) in [4.78, 5) is 16.1. The third kappa shape index (κ3) is 2.65. The van der Waals surface area contributed by atoms with Gasteiger partial charge in [-0.05, 0) is 23.8 Å². The molecule has 2 aliphatic heterocycles. The first-order valence-corrected chi connectivity index (χ1v) is 10.3. The maximum atomic E-state index is 12.7. The zero-order chi connectivity index (χ0) is 16.9. The summed E-state index contributed by atoms with van der Waals surface area (Å²) < 4.78 is 30.3. The van der Waals surface area contributed by atoms with Gasteiger partial charge in [0.2, 0.25) is 0 Å². The number of carbonyl (C=O) groups excluding carboxylic acids is 1. The van der Waals surface area contributed by atoms with Crippen LogP contribution >= 0.6 is 22.9 Å². The second-order valence-corrected chi connectivity index (χ2v) is 9.22. The highest BCUT2D eigenvalue weighted by Gasteiger charge is 2.32. The molecule has 1 amide bonds. The molecule has 8 heteroatoms. The highest BCUT2D eigenvalue weighted by molar-refractivity contribution is 7.91. The third-order valence-corrected chi connectivity index (χ3v) is 7.32. The van der Waals surface area contributed by atoms with E-state index in [0.29, 0.717) is 47.3 Å². The molecular formula is C16H14ClNO4S2. The number of halogens is 1. The average Bonchev–Trinajstić information content (AvgIpc) is 2.98. The summed E-state index contributed by atoms with van der Waals surface area (Å²) in [5.74, 6) is -0.159. The van der Waals surface area contributed by atoms with Crippen molar-refractivity contribution in [3.05, 3.63) is 39.7 Å². The molecule has 0 bridgehead atoms. The lowest BCUT2D eigenvalue weighted by Crippen LogP contribution is -2.40. The van der Waals surface area contributed by atoms with Gasteiger partial charge in [-0.2, -0.15) is 0 Å². The van der Waals surface area contributed by atoms with Gasteiger partial charge in [0.05, 0.1) is 28.7 Å². The predicted molar refractivity (Wildman–Crippen MR) is 92.4 cm³/mol. The fourth-order valence-corrected chi connectivity index (χ4v) is 6.20. The Hall–Kier alpha value is -1.41. The molecule has 24 heavy (non-hydrogen) atoms. The van der Waals surface area contributed by atoms with E-state index in [1.165, 1.54) is 17.4 Å². The lowest BCUT2D eigenvalue weighted by molar-refractivity contribution is 0.0306. The molecule has 5 nitrogen and oxygen atoms in total. The fourth-order valence-electron chi connectivity index (χ4n) is 3.02. The highest BCUT2D eigenvalue weighted by atomic mass is 35.5. The van der Waals surface area contributed by atoms with Crippen LogP contribution in [0.1, 0.15) is 15.2 Å². The van der Waals surface area contributed by atoms with Gasteiger partial charge in [-0.3, -0.25) is 4.79 Å². The lowest BCUT2D eigenvalue weighted by atomic mass is 10.1. The quantitative estimate of drug-likeness (QED) is 0.759. The van der Waals surface area contributed by atoms with E-state index in [1.807, 2.05) is 0 Å². The first-order valence-electron chi connectivity index (χ1n) is 7.48. The minimum atomic E-state index is -3.44. The molecule has 0 spiro atoms. The number of fused-ring (bicyclic) bond motifs is 3. The van der Waals surface area contributed by atoms with E-state index in [4.69, 9.17) is 16.3 Å². The number of hydrogen-bond donors (Lipinski definition) is 0. The zero-order valence-electron chi connectivity index (χ0n) is 12.6. The minimum absolute atomic E-state index is 0.0642. The molecule has 0 radical (unpaired) electrons. The molecule has 2 aliphatic rings. The molecule has 1 aromatic heterocycles. The number of hydrogen-bond acceptors (Lipinski definition) is 5. The van der Waals surface area contributed by atoms with Gasteiger partial charge in [0.25, 0.3) is 5.91 Å². The molecular weight excluding hydrogens is 370 g/mol. The van der Waals surface area contributed by atoms with Crippen LogP contribution in [0.25, 0.3) is 10.4 Å². The Labute approximate surface area is 148 Å². The molecule has 0 atom stereocenters. The number of nitrogens with zero attached hydrogens (tertiary/aromatic N) is 1. The van der Waals surface area contributed by atoms with E-state index in [1.54, 1.807) is 23.1 Å². The van der Waals surface area contributed by atoms with E-state index in [2.05, 4.69) is 0 Å². The predicted octanol–water partition coefficient (Wildman–Crippen LogP) is 2.83. The summed E-state index contributed by atoms with van der Waals surface area (Å²) in [6, 6.07) is 6.59. The average molecular weight is 384 g/mol. The number of rotatable bonds is 1. The van der Waals surface area contributed by atoms with Crippen LogP contribution in [-0.4, -0.2) is 45.5 Å². The Morgan fingerprint density at radius 1 is 1.21 bits per heavy atom. The zero-order valence-corrected chi connectivity index (χ0v) is 15.0. The number of benzene rings is 1. The first kappa shape index (κ1) is 16.1. The van der Waals surface area contributed by atoms with Crippen molar-refractivity contribution < 1.29 is 17.9 Å². The lowest BCUT2D eigenvalue weighted by Gasteiger charge is -2.26. The largest absolute Gasteiger partial charge is 0.378 e. The molecule has 3 heterocycles. The van der Waals surface area contributed by atoms with E-state index < -0.39 is 9.84 Å². The smallest absolute Gasteiger partial charge is 0.264 e. The Morgan fingerprint density at radius 2 is 1.96 bits per heavy atom. The van der Waals surface area contributed by atoms with Crippen LogP contribution in [-0.2, 0) is 20.3 Å². The molecule has 0 aliphatic carbocycles. The molecule has 0 N–H and O–H groups in total. The van der Waals surface area contributed by atoms with Gasteiger partial charge in [0, 0.05) is 28.6 Å². The van der Waals surface area contributed by atoms with Crippen molar-refractivity contribution >= 4 is 38.7 Å². The first-order chi connectivity index (χ1) is 11.5. The van der Waals surface area contributed by atoms with Crippen molar-refractivity contribution in [3.63, 3.8) is 0 Å². The third-order valence-electron chi connectivity index (χ3n) is 4.19. The number of morpholine rings is 1. The standard InChI is InChI=1S/C16H14ClNO4S2/c17-11-1-2-12-14(8-11)24(20,21)9-10-7-13(23-15(10)12)16(19)18-3-5-22-6-4-18/h1-2,7-8H,3-6,9H2. The van der Waals surface area contributed by atoms with Gasteiger partial charge < -0.3 is 9.64 Å². The van der Waals surface area contributed by atoms with Crippen LogP contribution < -0.4 is 0 Å². The Bertz CT molecular complexity index is 930. The van der Waals surface area contributed by atoms with Crippen molar-refractivity contribution in [2.24, 2.45) is 0 Å². The van der Waals surface area contributed by atoms with Crippen molar-refractivity contribution in [2.45, 2.75) is 10.6 Å². The second kappa shape index (κ2) is 5.84. The van der Waals surface area contributed by atoms with Crippen molar-refractivity contribution in [1.29, 1.82) is 0 Å². The Kier molecular flexibility index (Phi) is 3.91. The molecule has 1 saturated heterocycles. The number of amides is 1. The summed E-state index contributed by atoms with van der Waals surface area (Å²) in [5.41, 5.74) is 1.32. The summed E-state index contributed by atoms with van der Waals surface area (Å²) in [5, 5.41) is 0.391. The SMILES string of the molecule is O=C(c1cc2c(s1)-c1ccc(Cl)cc1S(=O)(=O)C2)N1CCOCC1. The van der Waals surface area contributed by atoms with Crippen molar-refractivity contribution in [3.8, 4) is 10.4 Å². The Morgan fingerprint density at radius 3 is 2.71 bits per heavy atom. The van der Waals surface area contributed by atoms with Gasteiger partial charge in [-0.25, -0.2) is 8.42 Å². The van der Waals surface area contributed by atoms with E-state index in [-0.39, 0.29) is 16.6 Å². The second-order valence-electron chi connectivity index (χ2n) is 5.77. The summed E-state index contributed by atoms with van der Waals surface area (Å²) in [7, 11) is -3.44. The number of sulfone groups is 1. The summed E-state index contributed by atoms with van der Waals surface area (Å²) in [6.07, 6.45) is 0.